The van der Waals surface area contributed by atoms with Gasteiger partial charge in [0.2, 0.25) is 5.78 Å². The number of aromatic nitrogens is 4. The molecule has 0 radical (unpaired) electrons. The van der Waals surface area contributed by atoms with E-state index in [4.69, 9.17) is 10.9 Å². The van der Waals surface area contributed by atoms with Crippen molar-refractivity contribution < 1.29 is 14.8 Å². The summed E-state index contributed by atoms with van der Waals surface area (Å²) >= 11 is 0. The first-order valence-corrected chi connectivity index (χ1v) is 11.6. The minimum atomic E-state index is -0.499. The zero-order valence-electron chi connectivity index (χ0n) is 21.7. The quantitative estimate of drug-likeness (QED) is 0.145. The van der Waals surface area contributed by atoms with Crippen LogP contribution in [0.5, 0.6) is 0 Å². The molecule has 0 amide bonds. The first-order valence-electron chi connectivity index (χ1n) is 11.6. The smallest absolute Gasteiger partial charge is 0.214 e. The molecule has 3 N–H and O–H groups in total. The number of Topliss-reactive ketones (excluding diaryl/α,β-unsaturated/α-hetero) is 2. The maximum Gasteiger partial charge on any atom is 0.214 e. The molecule has 4 rings (SSSR count). The van der Waals surface area contributed by atoms with E-state index in [9.17, 15) is 9.59 Å². The lowest BCUT2D eigenvalue weighted by atomic mass is 9.98. The highest BCUT2D eigenvalue weighted by Gasteiger charge is 2.24. The molecule has 200 valence electrons. The third-order valence-electron chi connectivity index (χ3n) is 5.59. The zero-order valence-corrected chi connectivity index (χ0v) is 23.4. The van der Waals surface area contributed by atoms with Gasteiger partial charge in [0.1, 0.15) is 5.71 Å². The molecular weight excluding hydrogens is 515 g/mol. The van der Waals surface area contributed by atoms with Crippen LogP contribution in [-0.4, -0.2) is 47.8 Å². The number of rotatable bonds is 6. The second-order valence-corrected chi connectivity index (χ2v) is 9.06. The van der Waals surface area contributed by atoms with Gasteiger partial charge in [-0.2, -0.15) is 10.2 Å². The van der Waals surface area contributed by atoms with Crippen molar-refractivity contribution in [1.29, 1.82) is 0 Å². The van der Waals surface area contributed by atoms with E-state index >= 15 is 0 Å². The molecule has 0 aromatic carbocycles. The number of carbonyl (C=O) groups is 2. The summed E-state index contributed by atoms with van der Waals surface area (Å²) in [6.07, 6.45) is 3.64. The van der Waals surface area contributed by atoms with Crippen molar-refractivity contribution in [2.75, 3.05) is 0 Å². The Morgan fingerprint density at radius 1 is 0.838 bits per heavy atom. The van der Waals surface area contributed by atoms with Gasteiger partial charge in [0.15, 0.2) is 5.78 Å². The van der Waals surface area contributed by atoms with E-state index in [1.54, 1.807) is 22.2 Å². The Morgan fingerprint density at radius 2 is 1.27 bits per heavy atom. The molecular formula is C26H34Cl2N6O3. The number of hydrogen-bond donors (Lipinski definition) is 2. The van der Waals surface area contributed by atoms with Gasteiger partial charge in [0.05, 0.1) is 39.6 Å². The number of carbonyl (C=O) groups excluding carboxylic acids is 2. The summed E-state index contributed by atoms with van der Waals surface area (Å²) in [5.74, 6) is -0.0137. The molecule has 0 aliphatic heterocycles. The average Bonchev–Trinajstić information content (AvgIpc) is 3.42. The lowest BCUT2D eigenvalue weighted by Crippen LogP contribution is -2.27. The predicted molar refractivity (Wildman–Crippen MR) is 150 cm³/mol. The van der Waals surface area contributed by atoms with Crippen LogP contribution in [0.2, 0.25) is 0 Å². The summed E-state index contributed by atoms with van der Waals surface area (Å²) in [6, 6.07) is 10.7. The van der Waals surface area contributed by atoms with E-state index in [1.165, 1.54) is 6.92 Å². The standard InChI is InChI=1S/C13H15N3O2.C13H17N3O.2ClH/c1-8(2)12-11(13(17)9(3)15-18)10-6-4-5-7-16(10)14-12;1-8(2)12-11(13(17)9(3)14)10-6-4-5-7-16(10)15-12;;/h4-8,18H,1-3H3;4-9H,14H2,1-3H3;2*1H. The molecule has 4 aromatic heterocycles. The number of nitrogens with two attached hydrogens (primary N) is 1. The van der Waals surface area contributed by atoms with Crippen molar-refractivity contribution in [3.63, 3.8) is 0 Å². The topological polar surface area (TPSA) is 127 Å². The van der Waals surface area contributed by atoms with Gasteiger partial charge in [-0.3, -0.25) is 9.59 Å². The van der Waals surface area contributed by atoms with Crippen molar-refractivity contribution in [3.8, 4) is 0 Å². The maximum absolute atomic E-state index is 12.2. The zero-order chi connectivity index (χ0) is 25.9. The Kier molecular flexibility index (Phi) is 11.4. The molecule has 0 spiro atoms. The van der Waals surface area contributed by atoms with Gasteiger partial charge in [-0.1, -0.05) is 45.0 Å². The summed E-state index contributed by atoms with van der Waals surface area (Å²) < 4.78 is 3.41. The van der Waals surface area contributed by atoms with Crippen molar-refractivity contribution >= 4 is 53.1 Å². The minimum absolute atomic E-state index is 0. The van der Waals surface area contributed by atoms with Gasteiger partial charge in [-0.05, 0) is 49.9 Å². The van der Waals surface area contributed by atoms with Crippen molar-refractivity contribution in [2.24, 2.45) is 10.9 Å². The minimum Gasteiger partial charge on any atom is -0.411 e. The summed E-state index contributed by atoms with van der Waals surface area (Å²) in [5, 5.41) is 20.6. The number of hydrogen-bond acceptors (Lipinski definition) is 7. The molecule has 0 fully saturated rings. The Hall–Kier alpha value is -3.27. The average molecular weight is 550 g/mol. The van der Waals surface area contributed by atoms with Crippen LogP contribution in [0.4, 0.5) is 0 Å². The Labute approximate surface area is 228 Å². The number of nitrogens with zero attached hydrogens (tertiary/aromatic N) is 5. The van der Waals surface area contributed by atoms with Crippen LogP contribution in [0.25, 0.3) is 11.0 Å². The fourth-order valence-corrected chi connectivity index (χ4v) is 3.78. The first-order chi connectivity index (χ1) is 16.6. The lowest BCUT2D eigenvalue weighted by molar-refractivity contribution is 0.0967. The summed E-state index contributed by atoms with van der Waals surface area (Å²) in [7, 11) is 0. The van der Waals surface area contributed by atoms with E-state index in [0.29, 0.717) is 16.8 Å². The van der Waals surface area contributed by atoms with Gasteiger partial charge in [-0.25, -0.2) is 9.03 Å². The predicted octanol–water partition coefficient (Wildman–Crippen LogP) is 5.32. The number of oxime groups is 1. The maximum atomic E-state index is 12.2. The van der Waals surface area contributed by atoms with Crippen molar-refractivity contribution in [1.82, 2.24) is 19.2 Å². The largest absolute Gasteiger partial charge is 0.411 e. The van der Waals surface area contributed by atoms with E-state index < -0.39 is 6.04 Å². The number of pyridine rings is 2. The normalized spacial score (nSPS) is 12.1. The van der Waals surface area contributed by atoms with Crippen molar-refractivity contribution in [3.05, 3.63) is 71.3 Å². The van der Waals surface area contributed by atoms with Gasteiger partial charge in [0, 0.05) is 12.4 Å². The van der Waals surface area contributed by atoms with E-state index in [-0.39, 0.29) is 53.9 Å². The Morgan fingerprint density at radius 3 is 1.68 bits per heavy atom. The number of halogens is 2. The summed E-state index contributed by atoms with van der Waals surface area (Å²) in [6.45, 7) is 11.2. The van der Waals surface area contributed by atoms with Gasteiger partial charge < -0.3 is 10.9 Å². The van der Waals surface area contributed by atoms with Crippen LogP contribution in [0.1, 0.15) is 85.5 Å². The molecule has 37 heavy (non-hydrogen) atoms. The highest BCUT2D eigenvalue weighted by atomic mass is 35.5. The monoisotopic (exact) mass is 548 g/mol. The molecule has 0 bridgehead atoms. The highest BCUT2D eigenvalue weighted by molar-refractivity contribution is 6.46. The van der Waals surface area contributed by atoms with Crippen LogP contribution in [0, 0.1) is 0 Å². The molecule has 0 saturated heterocycles. The lowest BCUT2D eigenvalue weighted by Gasteiger charge is -2.07. The Bertz CT molecular complexity index is 1410. The fraction of sp³-hybridized carbons (Fsp3) is 0.346. The molecule has 1 unspecified atom stereocenters. The first kappa shape index (κ1) is 31.8. The second kappa shape index (κ2) is 13.3. The summed E-state index contributed by atoms with van der Waals surface area (Å²) in [4.78, 5) is 24.4. The Balaban J connectivity index is 0.000000351. The number of ketones is 2. The SMILES string of the molecule is CC(=NO)C(=O)c1c(C(C)C)nn2ccccc12.CC(N)C(=O)c1c(C(C)C)nn2ccccc12.Cl.Cl. The third kappa shape index (κ3) is 6.54. The van der Waals surface area contributed by atoms with Crippen molar-refractivity contribution in [2.45, 2.75) is 59.4 Å². The highest BCUT2D eigenvalue weighted by Crippen LogP contribution is 2.25. The van der Waals surface area contributed by atoms with Crippen LogP contribution in [0.3, 0.4) is 0 Å². The molecule has 0 aliphatic carbocycles. The third-order valence-corrected chi connectivity index (χ3v) is 5.59. The van der Waals surface area contributed by atoms with Gasteiger partial charge in [-0.15, -0.1) is 24.8 Å². The van der Waals surface area contributed by atoms with Crippen LogP contribution < -0.4 is 5.73 Å². The number of fused-ring (bicyclic) bond motifs is 2. The molecule has 4 heterocycles. The van der Waals surface area contributed by atoms with E-state index in [0.717, 1.165) is 16.7 Å². The van der Waals surface area contributed by atoms with Crippen LogP contribution in [0.15, 0.2) is 53.9 Å². The molecule has 1 atom stereocenters. The fourth-order valence-electron chi connectivity index (χ4n) is 3.78. The van der Waals surface area contributed by atoms with Crippen LogP contribution >= 0.6 is 24.8 Å². The second-order valence-electron chi connectivity index (χ2n) is 9.06. The molecule has 11 heteroatoms. The molecule has 4 aromatic rings. The van der Waals surface area contributed by atoms with E-state index in [1.807, 2.05) is 70.3 Å². The van der Waals surface area contributed by atoms with Gasteiger partial charge in [0.25, 0.3) is 0 Å². The van der Waals surface area contributed by atoms with E-state index in [2.05, 4.69) is 15.4 Å². The summed E-state index contributed by atoms with van der Waals surface area (Å²) in [5.41, 5.74) is 10.0. The van der Waals surface area contributed by atoms with Gasteiger partial charge >= 0.3 is 0 Å². The molecule has 9 nitrogen and oxygen atoms in total. The van der Waals surface area contributed by atoms with Crippen LogP contribution in [-0.2, 0) is 0 Å². The molecule has 0 aliphatic rings. The molecule has 0 saturated carbocycles.